The summed E-state index contributed by atoms with van der Waals surface area (Å²) in [4.78, 5) is 73.8. The molecule has 1 unspecified atom stereocenters. The lowest BCUT2D eigenvalue weighted by atomic mass is 9.79. The third-order valence-electron chi connectivity index (χ3n) is 14.1. The molecular formula is C54H84N4O8. The molecule has 2 N–H and O–H groups in total. The topological polar surface area (TPSA) is 144 Å². The van der Waals surface area contributed by atoms with Gasteiger partial charge in [-0.3, -0.25) is 24.1 Å². The van der Waals surface area contributed by atoms with Crippen LogP contribution >= 0.6 is 0 Å². The number of hydrogen-bond donors (Lipinski definition) is 2. The molecule has 0 aliphatic carbocycles. The fourth-order valence-corrected chi connectivity index (χ4v) is 9.82. The number of esters is 1. The Bertz CT molecular complexity index is 1820. The van der Waals surface area contributed by atoms with Gasteiger partial charge >= 0.3 is 5.97 Å². The molecule has 2 aromatic carbocycles. The predicted molar refractivity (Wildman–Crippen MR) is 262 cm³/mol. The molecule has 368 valence electrons. The van der Waals surface area contributed by atoms with Crippen LogP contribution in [0.4, 0.5) is 0 Å². The van der Waals surface area contributed by atoms with Crippen molar-refractivity contribution >= 4 is 29.5 Å². The first kappa shape index (κ1) is 55.9. The van der Waals surface area contributed by atoms with Crippen molar-refractivity contribution in [3.63, 3.8) is 0 Å². The van der Waals surface area contributed by atoms with E-state index in [1.165, 1.54) is 0 Å². The Kier molecular flexibility index (Phi) is 23.8. The molecule has 0 spiro atoms. The van der Waals surface area contributed by atoms with Crippen molar-refractivity contribution in [2.75, 3.05) is 27.8 Å². The zero-order valence-electron chi connectivity index (χ0n) is 42.3. The third kappa shape index (κ3) is 15.9. The number of nitrogens with one attached hydrogen (secondary N) is 2. The predicted octanol–water partition coefficient (Wildman–Crippen LogP) is 8.36. The number of nitrogens with zero attached hydrogens (tertiary/aromatic N) is 2. The molecule has 1 fully saturated rings. The molecule has 1 heterocycles. The fourth-order valence-electron chi connectivity index (χ4n) is 9.82. The van der Waals surface area contributed by atoms with Gasteiger partial charge in [-0.05, 0) is 81.4 Å². The minimum atomic E-state index is -0.932. The van der Waals surface area contributed by atoms with Crippen LogP contribution in [-0.2, 0) is 51.2 Å². The van der Waals surface area contributed by atoms with E-state index in [1.54, 1.807) is 21.1 Å². The lowest BCUT2D eigenvalue weighted by Gasteiger charge is -2.36. The highest BCUT2D eigenvalue weighted by molar-refractivity contribution is 5.93. The molecule has 10 atom stereocenters. The van der Waals surface area contributed by atoms with Crippen molar-refractivity contribution in [1.29, 1.82) is 0 Å². The van der Waals surface area contributed by atoms with Gasteiger partial charge in [0.1, 0.15) is 18.7 Å². The number of benzene rings is 2. The first-order valence-corrected chi connectivity index (χ1v) is 24.5. The van der Waals surface area contributed by atoms with Crippen LogP contribution in [0.15, 0.2) is 72.8 Å². The number of likely N-dealkylation sites (N-methyl/N-ethyl adjacent to an activating group) is 1. The Morgan fingerprint density at radius 2 is 1.42 bits per heavy atom. The van der Waals surface area contributed by atoms with Gasteiger partial charge in [0, 0.05) is 39.1 Å². The minimum absolute atomic E-state index is 0.00363. The Labute approximate surface area is 397 Å². The summed E-state index contributed by atoms with van der Waals surface area (Å²) in [5.74, 6) is -2.14. The Hall–Kier alpha value is -4.39. The lowest BCUT2D eigenvalue weighted by Crippen LogP contribution is -2.55. The van der Waals surface area contributed by atoms with E-state index in [0.29, 0.717) is 25.8 Å². The monoisotopic (exact) mass is 917 g/mol. The van der Waals surface area contributed by atoms with Crippen molar-refractivity contribution in [3.8, 4) is 0 Å². The van der Waals surface area contributed by atoms with Gasteiger partial charge in [-0.15, -0.1) is 0 Å². The van der Waals surface area contributed by atoms with Crippen LogP contribution in [0.3, 0.4) is 0 Å². The number of ketones is 1. The molecule has 12 nitrogen and oxygen atoms in total. The van der Waals surface area contributed by atoms with Crippen LogP contribution in [0.1, 0.15) is 125 Å². The first-order valence-electron chi connectivity index (χ1n) is 24.5. The van der Waals surface area contributed by atoms with Gasteiger partial charge in [0.25, 0.3) is 0 Å². The molecule has 0 radical (unpaired) electrons. The zero-order valence-corrected chi connectivity index (χ0v) is 42.3. The third-order valence-corrected chi connectivity index (χ3v) is 14.1. The normalized spacial score (nSPS) is 18.2. The van der Waals surface area contributed by atoms with Crippen molar-refractivity contribution in [2.24, 2.45) is 29.6 Å². The van der Waals surface area contributed by atoms with Crippen molar-refractivity contribution in [2.45, 2.75) is 169 Å². The molecule has 3 amide bonds. The fraction of sp³-hybridized carbons (Fsp3) is 0.648. The van der Waals surface area contributed by atoms with E-state index >= 15 is 0 Å². The second kappa shape index (κ2) is 28.1. The summed E-state index contributed by atoms with van der Waals surface area (Å²) in [6, 6.07) is 16.6. The van der Waals surface area contributed by atoms with Gasteiger partial charge in [0.2, 0.25) is 17.7 Å². The van der Waals surface area contributed by atoms with Crippen LogP contribution in [0.25, 0.3) is 0 Å². The molecule has 0 bridgehead atoms. The number of hydrogen-bond acceptors (Lipinski definition) is 9. The van der Waals surface area contributed by atoms with E-state index in [-0.39, 0.29) is 78.7 Å². The standard InChI is InChI=1S/C54H84N4O8/c1-14-37(8)43(30-29-38(9)50(60)48(35(4)5)56-53(62)49(36(6)7)57(11)42(15-2)16-3)46(64-12)33-47(59)58-31-23-28-45(58)51(65-13)39(10)52(61)55-44(32-40-24-19-17-20-25-40)54(63)66-34-41-26-21-18-22-27-41/h17-22,24-27,35,37-39,42-46,48-49,51H,6,14-16,23,28-34H2,1-5,7-13H3,(H,55,61)(H,56,62)/t37-,38?,39+,43-,44-,45-,46+,48-,49-,51+/m0/s1. The zero-order chi connectivity index (χ0) is 49.1. The maximum atomic E-state index is 14.4. The average Bonchev–Trinajstić information content (AvgIpc) is 3.79. The summed E-state index contributed by atoms with van der Waals surface area (Å²) >= 11 is 0. The van der Waals surface area contributed by atoms with Crippen LogP contribution < -0.4 is 10.6 Å². The number of carbonyl (C=O) groups is 5. The van der Waals surface area contributed by atoms with Crippen molar-refractivity contribution in [3.05, 3.63) is 83.9 Å². The molecule has 0 aromatic heterocycles. The van der Waals surface area contributed by atoms with E-state index in [4.69, 9.17) is 14.2 Å². The molecule has 2 aromatic rings. The number of rotatable bonds is 29. The van der Waals surface area contributed by atoms with Gasteiger partial charge in [-0.25, -0.2) is 4.79 Å². The highest BCUT2D eigenvalue weighted by atomic mass is 16.5. The van der Waals surface area contributed by atoms with Gasteiger partial charge in [0.15, 0.2) is 5.78 Å². The van der Waals surface area contributed by atoms with Crippen LogP contribution in [-0.4, -0.2) is 110 Å². The van der Waals surface area contributed by atoms with Gasteiger partial charge in [-0.1, -0.05) is 135 Å². The smallest absolute Gasteiger partial charge is 0.329 e. The second-order valence-corrected chi connectivity index (χ2v) is 19.2. The summed E-state index contributed by atoms with van der Waals surface area (Å²) in [5.41, 5.74) is 2.46. The molecule has 0 saturated carbocycles. The Morgan fingerprint density at radius 1 is 0.818 bits per heavy atom. The average molecular weight is 917 g/mol. The number of likely N-dealkylation sites (tertiary alicyclic amines) is 1. The number of methoxy groups -OCH3 is 2. The van der Waals surface area contributed by atoms with E-state index in [1.807, 2.05) is 100 Å². The molecule has 1 saturated heterocycles. The highest BCUT2D eigenvalue weighted by Gasteiger charge is 2.42. The molecule has 12 heteroatoms. The SMILES string of the molecule is C=C(C)[C@@H](C(=O)N[C@H](C(=O)C(C)CC[C@@H]([C@@H](C)CC)[C@@H](CC(=O)N1CCC[C@H]1[C@H](OC)[C@@H](C)C(=O)N[C@@H](Cc1ccccc1)C(=O)OCc1ccccc1)OC)C(C)C)N(C)C(CC)CC. The molecule has 1 aliphatic rings. The first-order chi connectivity index (χ1) is 31.4. The summed E-state index contributed by atoms with van der Waals surface area (Å²) in [5, 5.41) is 6.09. The summed E-state index contributed by atoms with van der Waals surface area (Å²) < 4.78 is 17.9. The highest BCUT2D eigenvalue weighted by Crippen LogP contribution is 2.33. The largest absolute Gasteiger partial charge is 0.459 e. The Balaban J connectivity index is 1.72. The number of ether oxygens (including phenoxy) is 3. The van der Waals surface area contributed by atoms with Gasteiger partial charge in [-0.2, -0.15) is 0 Å². The molecule has 66 heavy (non-hydrogen) atoms. The lowest BCUT2D eigenvalue weighted by molar-refractivity contribution is -0.150. The number of Topliss-reactive ketones (excluding diaryl/α,β-unsaturated/α-hetero) is 1. The molecule has 3 rings (SSSR count). The van der Waals surface area contributed by atoms with Gasteiger partial charge in [0.05, 0.1) is 36.6 Å². The Morgan fingerprint density at radius 3 is 1.95 bits per heavy atom. The van der Waals surface area contributed by atoms with Crippen LogP contribution in [0, 0.1) is 29.6 Å². The van der Waals surface area contributed by atoms with E-state index in [2.05, 4.69) is 49.8 Å². The van der Waals surface area contributed by atoms with Crippen LogP contribution in [0.2, 0.25) is 0 Å². The van der Waals surface area contributed by atoms with Crippen molar-refractivity contribution < 1.29 is 38.2 Å². The summed E-state index contributed by atoms with van der Waals surface area (Å²) in [7, 11) is 5.16. The molecular weight excluding hydrogens is 833 g/mol. The van der Waals surface area contributed by atoms with E-state index in [9.17, 15) is 24.0 Å². The van der Waals surface area contributed by atoms with Crippen LogP contribution in [0.5, 0.6) is 0 Å². The van der Waals surface area contributed by atoms with E-state index < -0.39 is 42.2 Å². The second-order valence-electron chi connectivity index (χ2n) is 19.2. The quantitative estimate of drug-likeness (QED) is 0.0608. The number of amides is 3. The molecule has 1 aliphatic heterocycles. The van der Waals surface area contributed by atoms with Crippen molar-refractivity contribution in [1.82, 2.24) is 20.4 Å². The van der Waals surface area contributed by atoms with E-state index in [0.717, 1.165) is 42.4 Å². The summed E-state index contributed by atoms with van der Waals surface area (Å²) in [6.45, 7) is 22.8. The minimum Gasteiger partial charge on any atom is -0.459 e. The van der Waals surface area contributed by atoms with Gasteiger partial charge < -0.3 is 29.7 Å². The number of carbonyl (C=O) groups excluding carboxylic acids is 5. The summed E-state index contributed by atoms with van der Waals surface area (Å²) in [6.07, 6.45) is 4.69. The maximum Gasteiger partial charge on any atom is 0.329 e. The maximum absolute atomic E-state index is 14.4.